The van der Waals surface area contributed by atoms with Crippen molar-refractivity contribution in [2.45, 2.75) is 5.37 Å². The van der Waals surface area contributed by atoms with Gasteiger partial charge in [0.05, 0.1) is 11.3 Å². The number of benzene rings is 1. The molecule has 18 heavy (non-hydrogen) atoms. The van der Waals surface area contributed by atoms with Crippen molar-refractivity contribution in [1.82, 2.24) is 5.32 Å². The highest BCUT2D eigenvalue weighted by molar-refractivity contribution is 8.24. The third-order valence-corrected chi connectivity index (χ3v) is 3.31. The average molecular weight is 281 g/mol. The summed E-state index contributed by atoms with van der Waals surface area (Å²) < 4.78 is 0.343. The Morgan fingerprint density at radius 2 is 2.17 bits per heavy atom. The number of nitrogens with one attached hydrogen (secondary N) is 1. The summed E-state index contributed by atoms with van der Waals surface area (Å²) in [5, 5.41) is 18.2. The van der Waals surface area contributed by atoms with Crippen molar-refractivity contribution < 1.29 is 14.7 Å². The molecule has 0 aromatic heterocycles. The number of hydrogen-bond donors (Lipinski definition) is 2. The number of nitrogens with zero attached hydrogens (tertiary/aromatic N) is 2. The molecule has 1 amide bonds. The third-order valence-electron chi connectivity index (χ3n) is 2.07. The van der Waals surface area contributed by atoms with Gasteiger partial charge in [0.15, 0.2) is 0 Å². The van der Waals surface area contributed by atoms with Gasteiger partial charge in [0.1, 0.15) is 4.32 Å². The summed E-state index contributed by atoms with van der Waals surface area (Å²) in [7, 11) is 0. The van der Waals surface area contributed by atoms with E-state index in [9.17, 15) is 9.59 Å². The van der Waals surface area contributed by atoms with Crippen molar-refractivity contribution in [2.24, 2.45) is 10.2 Å². The molecule has 0 radical (unpaired) electrons. The molecule has 1 aromatic carbocycles. The highest BCUT2D eigenvalue weighted by atomic mass is 32.2. The minimum Gasteiger partial charge on any atom is -0.478 e. The summed E-state index contributed by atoms with van der Waals surface area (Å²) >= 11 is 5.88. The van der Waals surface area contributed by atoms with Crippen LogP contribution < -0.4 is 5.32 Å². The smallest absolute Gasteiger partial charge is 0.337 e. The second-order valence-electron chi connectivity index (χ2n) is 3.28. The van der Waals surface area contributed by atoms with Crippen LogP contribution in [-0.2, 0) is 4.79 Å². The van der Waals surface area contributed by atoms with Crippen LogP contribution in [0.25, 0.3) is 0 Å². The van der Waals surface area contributed by atoms with E-state index in [-0.39, 0.29) is 17.2 Å². The molecule has 1 aliphatic rings. The Labute approximate surface area is 111 Å². The Kier molecular flexibility index (Phi) is 3.68. The van der Waals surface area contributed by atoms with Crippen LogP contribution in [0.15, 0.2) is 34.5 Å². The first-order valence-electron chi connectivity index (χ1n) is 4.82. The molecule has 0 aliphatic carbocycles. The van der Waals surface area contributed by atoms with Crippen LogP contribution in [0, 0.1) is 0 Å². The maximum Gasteiger partial charge on any atom is 0.337 e. The van der Waals surface area contributed by atoms with Crippen LogP contribution in [0.5, 0.6) is 0 Å². The van der Waals surface area contributed by atoms with E-state index in [0.29, 0.717) is 4.32 Å². The molecule has 1 heterocycles. The molecule has 1 aliphatic heterocycles. The van der Waals surface area contributed by atoms with Crippen LogP contribution in [0.2, 0.25) is 0 Å². The zero-order chi connectivity index (χ0) is 13.1. The normalized spacial score (nSPS) is 19.2. The molecule has 1 saturated heterocycles. The van der Waals surface area contributed by atoms with Crippen LogP contribution in [0.1, 0.15) is 10.4 Å². The zero-order valence-electron chi connectivity index (χ0n) is 8.86. The third kappa shape index (κ3) is 2.71. The number of carboxylic acid groups (broad SMARTS) is 1. The predicted molar refractivity (Wildman–Crippen MR) is 70.0 cm³/mol. The van der Waals surface area contributed by atoms with Gasteiger partial charge in [0.2, 0.25) is 5.37 Å². The lowest BCUT2D eigenvalue weighted by Gasteiger charge is -1.99. The lowest BCUT2D eigenvalue weighted by molar-refractivity contribution is -0.118. The van der Waals surface area contributed by atoms with E-state index in [1.54, 1.807) is 12.1 Å². The summed E-state index contributed by atoms with van der Waals surface area (Å²) in [6, 6.07) is 6.17. The molecule has 6 nitrogen and oxygen atoms in total. The van der Waals surface area contributed by atoms with Crippen molar-refractivity contribution >= 4 is 45.9 Å². The number of azo groups is 1. The SMILES string of the molecule is O=C(O)c1ccccc1N=N[C@@H]1SC(=S)NC1=O. The summed E-state index contributed by atoms with van der Waals surface area (Å²) in [6.07, 6.45) is 0. The molecule has 1 fully saturated rings. The van der Waals surface area contributed by atoms with Gasteiger partial charge >= 0.3 is 5.97 Å². The van der Waals surface area contributed by atoms with Gasteiger partial charge in [0.25, 0.3) is 5.91 Å². The van der Waals surface area contributed by atoms with E-state index >= 15 is 0 Å². The van der Waals surface area contributed by atoms with Crippen molar-refractivity contribution in [2.75, 3.05) is 0 Å². The van der Waals surface area contributed by atoms with Crippen LogP contribution in [0.4, 0.5) is 5.69 Å². The molecule has 0 saturated carbocycles. The van der Waals surface area contributed by atoms with E-state index < -0.39 is 11.3 Å². The van der Waals surface area contributed by atoms with Crippen molar-refractivity contribution in [3.63, 3.8) is 0 Å². The molecule has 1 aromatic rings. The average Bonchev–Trinajstić information content (AvgIpc) is 2.65. The highest BCUT2D eigenvalue weighted by Crippen LogP contribution is 2.24. The molecule has 0 spiro atoms. The number of carboxylic acids is 1. The monoisotopic (exact) mass is 281 g/mol. The fraction of sp³-hybridized carbons (Fsp3) is 0.100. The largest absolute Gasteiger partial charge is 0.478 e. The quantitative estimate of drug-likeness (QED) is 0.652. The first-order valence-corrected chi connectivity index (χ1v) is 6.11. The van der Waals surface area contributed by atoms with Gasteiger partial charge in [-0.25, -0.2) is 4.79 Å². The number of thiocarbonyl (C=S) groups is 1. The number of thioether (sulfide) groups is 1. The Bertz CT molecular complexity index is 559. The molecular formula is C10H7N3O3S2. The number of rotatable bonds is 3. The lowest BCUT2D eigenvalue weighted by atomic mass is 10.2. The Hall–Kier alpha value is -1.80. The molecule has 2 rings (SSSR count). The van der Waals surface area contributed by atoms with Crippen molar-refractivity contribution in [3.05, 3.63) is 29.8 Å². The van der Waals surface area contributed by atoms with Crippen LogP contribution >= 0.6 is 24.0 Å². The van der Waals surface area contributed by atoms with E-state index in [1.807, 2.05) is 0 Å². The predicted octanol–water partition coefficient (Wildman–Crippen LogP) is 1.94. The van der Waals surface area contributed by atoms with Crippen molar-refractivity contribution in [3.8, 4) is 0 Å². The molecule has 8 heteroatoms. The summed E-state index contributed by atoms with van der Waals surface area (Å²) in [6.45, 7) is 0. The highest BCUT2D eigenvalue weighted by Gasteiger charge is 2.29. The minimum absolute atomic E-state index is 0.0345. The van der Waals surface area contributed by atoms with E-state index in [2.05, 4.69) is 15.5 Å². The van der Waals surface area contributed by atoms with Crippen LogP contribution in [0.3, 0.4) is 0 Å². The molecular weight excluding hydrogens is 274 g/mol. The van der Waals surface area contributed by atoms with Gasteiger partial charge in [0, 0.05) is 0 Å². The molecule has 1 atom stereocenters. The lowest BCUT2D eigenvalue weighted by Crippen LogP contribution is -2.22. The fourth-order valence-corrected chi connectivity index (χ4v) is 2.28. The topological polar surface area (TPSA) is 91.1 Å². The van der Waals surface area contributed by atoms with Gasteiger partial charge in [-0.15, -0.1) is 0 Å². The Balaban J connectivity index is 2.21. The van der Waals surface area contributed by atoms with Crippen LogP contribution in [-0.4, -0.2) is 26.7 Å². The molecule has 2 N–H and O–H groups in total. The number of hydrogen-bond acceptors (Lipinski definition) is 6. The molecule has 92 valence electrons. The Morgan fingerprint density at radius 1 is 1.44 bits per heavy atom. The molecule has 0 unspecified atom stereocenters. The van der Waals surface area contributed by atoms with Gasteiger partial charge in [-0.1, -0.05) is 36.1 Å². The van der Waals surface area contributed by atoms with Gasteiger partial charge in [-0.05, 0) is 12.1 Å². The van der Waals surface area contributed by atoms with Gasteiger partial charge in [-0.3, -0.25) is 4.79 Å². The van der Waals surface area contributed by atoms with Gasteiger partial charge in [-0.2, -0.15) is 10.2 Å². The standard InChI is InChI=1S/C10H7N3O3S2/c14-7-8(18-10(17)11-7)13-12-6-4-2-1-3-5(6)9(15)16/h1-4,8H,(H,15,16)(H,11,14,17)/t8-/m1/s1. The second-order valence-corrected chi connectivity index (χ2v) is 5.04. The molecule has 0 bridgehead atoms. The number of carbonyl (C=O) groups excluding carboxylic acids is 1. The number of amides is 1. The number of aromatic carboxylic acids is 1. The first kappa shape index (κ1) is 12.7. The van der Waals surface area contributed by atoms with E-state index in [1.165, 1.54) is 12.1 Å². The second kappa shape index (κ2) is 5.23. The maximum atomic E-state index is 11.3. The van der Waals surface area contributed by atoms with E-state index in [4.69, 9.17) is 17.3 Å². The Morgan fingerprint density at radius 3 is 2.78 bits per heavy atom. The van der Waals surface area contributed by atoms with Crippen molar-refractivity contribution in [1.29, 1.82) is 0 Å². The maximum absolute atomic E-state index is 11.3. The summed E-state index contributed by atoms with van der Waals surface area (Å²) in [5.74, 6) is -1.44. The number of carbonyl (C=O) groups is 2. The summed E-state index contributed by atoms with van der Waals surface area (Å²) in [5.41, 5.74) is 0.239. The van der Waals surface area contributed by atoms with Gasteiger partial charge < -0.3 is 10.4 Å². The summed E-state index contributed by atoms with van der Waals surface area (Å²) in [4.78, 5) is 22.3. The fourth-order valence-electron chi connectivity index (χ4n) is 1.28. The first-order chi connectivity index (χ1) is 8.58. The minimum atomic E-state index is -1.09. The zero-order valence-corrected chi connectivity index (χ0v) is 10.5. The van der Waals surface area contributed by atoms with E-state index in [0.717, 1.165) is 11.8 Å².